The monoisotopic (exact) mass is 214 g/mol. The summed E-state index contributed by atoms with van der Waals surface area (Å²) in [5, 5.41) is 0. The Morgan fingerprint density at radius 3 is 2.00 bits per heavy atom. The minimum absolute atomic E-state index is 0.590. The van der Waals surface area contributed by atoms with Gasteiger partial charge in [-0.3, -0.25) is 0 Å². The highest BCUT2D eigenvalue weighted by molar-refractivity contribution is 5.52. The molecule has 0 saturated heterocycles. The molecule has 0 aliphatic rings. The summed E-state index contributed by atoms with van der Waals surface area (Å²) in [7, 11) is 1.60. The minimum atomic E-state index is 0.590. The molecule has 2 aromatic rings. The third-order valence-corrected chi connectivity index (χ3v) is 2.30. The van der Waals surface area contributed by atoms with Gasteiger partial charge in [-0.25, -0.2) is 0 Å². The lowest BCUT2D eigenvalue weighted by atomic mass is 10.2. The number of hydrogen-bond donors (Lipinski definition) is 0. The van der Waals surface area contributed by atoms with Crippen LogP contribution in [0.25, 0.3) is 0 Å². The van der Waals surface area contributed by atoms with E-state index in [4.69, 9.17) is 4.74 Å². The number of rotatable bonds is 3. The highest BCUT2D eigenvalue weighted by atomic mass is 16.5. The molecule has 0 atom stereocenters. The second-order valence-electron chi connectivity index (χ2n) is 3.33. The number of para-hydroxylation sites is 1. The fourth-order valence-electron chi connectivity index (χ4n) is 1.43. The standard InChI is InChI=1S/C13H12NO2/c1-16-13-9-7-12(8-10-13)14(15)11-5-3-2-4-6-11/h2-10H,1H3/q+1. The molecule has 3 heteroatoms. The Morgan fingerprint density at radius 1 is 0.875 bits per heavy atom. The molecule has 80 valence electrons. The molecule has 0 aliphatic heterocycles. The average molecular weight is 214 g/mol. The lowest BCUT2D eigenvalue weighted by molar-refractivity contribution is 0.415. The van der Waals surface area contributed by atoms with Gasteiger partial charge in [-0.2, -0.15) is 0 Å². The van der Waals surface area contributed by atoms with E-state index in [0.29, 0.717) is 11.4 Å². The van der Waals surface area contributed by atoms with Gasteiger partial charge >= 0.3 is 0 Å². The molecule has 3 nitrogen and oxygen atoms in total. The van der Waals surface area contributed by atoms with E-state index in [1.165, 1.54) is 0 Å². The van der Waals surface area contributed by atoms with Crippen molar-refractivity contribution in [3.63, 3.8) is 0 Å². The maximum Gasteiger partial charge on any atom is 0.263 e. The second kappa shape index (κ2) is 4.57. The van der Waals surface area contributed by atoms with Crippen LogP contribution in [0.3, 0.4) is 0 Å². The zero-order chi connectivity index (χ0) is 11.4. The fourth-order valence-corrected chi connectivity index (χ4v) is 1.43. The van der Waals surface area contributed by atoms with E-state index in [1.807, 2.05) is 18.2 Å². The molecule has 0 radical (unpaired) electrons. The first-order chi connectivity index (χ1) is 7.81. The predicted octanol–water partition coefficient (Wildman–Crippen LogP) is 3.30. The first kappa shape index (κ1) is 10.4. The van der Waals surface area contributed by atoms with Crippen molar-refractivity contribution in [2.24, 2.45) is 0 Å². The second-order valence-corrected chi connectivity index (χ2v) is 3.33. The lowest BCUT2D eigenvalue weighted by Gasteiger charge is -1.97. The van der Waals surface area contributed by atoms with Gasteiger partial charge in [0, 0.05) is 29.2 Å². The van der Waals surface area contributed by atoms with Crippen LogP contribution in [0, 0.1) is 4.91 Å². The van der Waals surface area contributed by atoms with Gasteiger partial charge < -0.3 is 4.74 Å². The van der Waals surface area contributed by atoms with Gasteiger partial charge in [-0.15, -0.1) is 0 Å². The van der Waals surface area contributed by atoms with E-state index >= 15 is 0 Å². The number of hydrogen-bond acceptors (Lipinski definition) is 2. The number of nitroso groups, excluding NO2 is 1. The van der Waals surface area contributed by atoms with Gasteiger partial charge in [0.15, 0.2) is 0 Å². The van der Waals surface area contributed by atoms with Gasteiger partial charge in [0.1, 0.15) is 5.75 Å². The number of methoxy groups -OCH3 is 1. The van der Waals surface area contributed by atoms with Crippen molar-refractivity contribution in [3.8, 4) is 5.75 Å². The summed E-state index contributed by atoms with van der Waals surface area (Å²) in [4.78, 5) is 11.9. The molecule has 0 amide bonds. The zero-order valence-corrected chi connectivity index (χ0v) is 8.96. The van der Waals surface area contributed by atoms with E-state index < -0.39 is 0 Å². The van der Waals surface area contributed by atoms with E-state index in [2.05, 4.69) is 0 Å². The van der Waals surface area contributed by atoms with Gasteiger partial charge in [0.25, 0.3) is 11.4 Å². The summed E-state index contributed by atoms with van der Waals surface area (Å²) in [5.74, 6) is 0.741. The summed E-state index contributed by atoms with van der Waals surface area (Å²) in [6.45, 7) is 0. The fraction of sp³-hybridized carbons (Fsp3) is 0.0769. The third kappa shape index (κ3) is 2.08. The Labute approximate surface area is 93.9 Å². The van der Waals surface area contributed by atoms with Crippen LogP contribution in [0.1, 0.15) is 0 Å². The van der Waals surface area contributed by atoms with Crippen LogP contribution in [-0.4, -0.2) is 7.11 Å². The van der Waals surface area contributed by atoms with Gasteiger partial charge in [-0.05, 0) is 12.1 Å². The smallest absolute Gasteiger partial charge is 0.263 e. The Kier molecular flexibility index (Phi) is 2.96. The molecule has 0 N–H and O–H groups in total. The van der Waals surface area contributed by atoms with Crippen LogP contribution in [0.2, 0.25) is 0 Å². The Hall–Kier alpha value is -2.16. The first-order valence-corrected chi connectivity index (χ1v) is 4.97. The summed E-state index contributed by atoms with van der Waals surface area (Å²) >= 11 is 0. The molecule has 0 unspecified atom stereocenters. The molecule has 0 aromatic heterocycles. The first-order valence-electron chi connectivity index (χ1n) is 4.97. The normalized spacial score (nSPS) is 9.81. The molecule has 0 aliphatic carbocycles. The number of ether oxygens (including phenoxy) is 1. The molecule has 2 aromatic carbocycles. The zero-order valence-electron chi connectivity index (χ0n) is 8.96. The van der Waals surface area contributed by atoms with Crippen molar-refractivity contribution in [2.45, 2.75) is 0 Å². The van der Waals surface area contributed by atoms with Crippen LogP contribution in [0.4, 0.5) is 11.4 Å². The maximum absolute atomic E-state index is 11.9. The predicted molar refractivity (Wildman–Crippen MR) is 64.3 cm³/mol. The summed E-state index contributed by atoms with van der Waals surface area (Å²) in [6, 6.07) is 16.1. The Morgan fingerprint density at radius 2 is 1.44 bits per heavy atom. The SMILES string of the molecule is COc1ccc([N+](=O)c2ccccc2)cc1. The van der Waals surface area contributed by atoms with Crippen molar-refractivity contribution < 1.29 is 4.74 Å². The van der Waals surface area contributed by atoms with E-state index in [1.54, 1.807) is 43.5 Å². The molecular formula is C13H12NO2+. The quantitative estimate of drug-likeness (QED) is 0.733. The number of benzene rings is 2. The lowest BCUT2D eigenvalue weighted by Crippen LogP contribution is -1.97. The highest BCUT2D eigenvalue weighted by Gasteiger charge is 2.16. The van der Waals surface area contributed by atoms with Gasteiger partial charge in [0.05, 0.1) is 11.9 Å². The topological polar surface area (TPSA) is 29.3 Å². The molecular weight excluding hydrogens is 202 g/mol. The number of nitrogens with zero attached hydrogens (tertiary/aromatic N) is 1. The van der Waals surface area contributed by atoms with Gasteiger partial charge in [-0.1, -0.05) is 18.2 Å². The third-order valence-electron chi connectivity index (χ3n) is 2.30. The van der Waals surface area contributed by atoms with Crippen LogP contribution in [0.5, 0.6) is 5.75 Å². The van der Waals surface area contributed by atoms with Crippen molar-refractivity contribution in [2.75, 3.05) is 7.11 Å². The minimum Gasteiger partial charge on any atom is -0.497 e. The summed E-state index contributed by atoms with van der Waals surface area (Å²) < 4.78 is 5.92. The van der Waals surface area contributed by atoms with Crippen LogP contribution < -0.4 is 9.50 Å². The van der Waals surface area contributed by atoms with Crippen molar-refractivity contribution in [3.05, 3.63) is 59.5 Å². The molecule has 0 bridgehead atoms. The molecule has 2 rings (SSSR count). The average Bonchev–Trinajstić information content (AvgIpc) is 2.39. The van der Waals surface area contributed by atoms with Crippen molar-refractivity contribution >= 4 is 11.4 Å². The molecule has 0 heterocycles. The molecule has 0 spiro atoms. The Bertz CT molecular complexity index is 477. The summed E-state index contributed by atoms with van der Waals surface area (Å²) in [5.41, 5.74) is 1.21. The highest BCUT2D eigenvalue weighted by Crippen LogP contribution is 2.21. The largest absolute Gasteiger partial charge is 0.497 e. The van der Waals surface area contributed by atoms with Crippen molar-refractivity contribution in [1.82, 2.24) is 4.76 Å². The summed E-state index contributed by atoms with van der Waals surface area (Å²) in [6.07, 6.45) is 0. The van der Waals surface area contributed by atoms with Gasteiger partial charge in [0.2, 0.25) is 0 Å². The maximum atomic E-state index is 11.9. The van der Waals surface area contributed by atoms with E-state index in [9.17, 15) is 4.91 Å². The van der Waals surface area contributed by atoms with Crippen LogP contribution in [0.15, 0.2) is 54.6 Å². The molecule has 0 saturated carbocycles. The van der Waals surface area contributed by atoms with Crippen molar-refractivity contribution in [1.29, 1.82) is 0 Å². The van der Waals surface area contributed by atoms with Crippen LogP contribution in [-0.2, 0) is 0 Å². The Balaban J connectivity index is 2.28. The van der Waals surface area contributed by atoms with E-state index in [-0.39, 0.29) is 0 Å². The molecule has 16 heavy (non-hydrogen) atoms. The molecule has 0 fully saturated rings. The van der Waals surface area contributed by atoms with Crippen LogP contribution >= 0.6 is 0 Å². The van der Waals surface area contributed by atoms with E-state index in [0.717, 1.165) is 10.5 Å².